The SMILES string of the molecule is C=C(CC[C@]12O[C@H](C(=O)OC(C)(C)C)[C@@](O)(C(=O)OC(C)(C)C)[C@](C(=O)OC(C)(C)C)(O1)[C@H](O[Si](C)(C)C(C)(C)C)[C@H]2O)[C@@H](OC(C)=O)[C@H](C)Cc1ccccc1. The molecular weight excluding hydrogens is 753 g/mol. The molecule has 2 saturated heterocycles. The molecule has 57 heavy (non-hydrogen) atoms. The number of rotatable bonds is 13. The Morgan fingerprint density at radius 1 is 0.860 bits per heavy atom. The molecule has 1 aromatic carbocycles. The molecule has 3 rings (SSSR count). The monoisotopic (exact) mass is 820 g/mol. The van der Waals surface area contributed by atoms with E-state index < -0.39 is 95.4 Å². The second kappa shape index (κ2) is 16.5. The summed E-state index contributed by atoms with van der Waals surface area (Å²) < 4.78 is 43.1. The number of benzene rings is 1. The lowest BCUT2D eigenvalue weighted by atomic mass is 9.74. The van der Waals surface area contributed by atoms with Gasteiger partial charge in [0.05, 0.1) is 0 Å². The molecule has 2 aliphatic rings. The van der Waals surface area contributed by atoms with E-state index in [-0.39, 0.29) is 18.8 Å². The summed E-state index contributed by atoms with van der Waals surface area (Å²) in [6.45, 7) is 31.1. The third-order valence-corrected chi connectivity index (χ3v) is 14.9. The molecule has 2 aliphatic heterocycles. The number of carbonyl (C=O) groups excluding carboxylic acids is 4. The molecule has 0 aliphatic carbocycles. The summed E-state index contributed by atoms with van der Waals surface area (Å²) in [5, 5.41) is 25.2. The maximum absolute atomic E-state index is 15.0. The highest BCUT2D eigenvalue weighted by atomic mass is 28.4. The number of hydrogen-bond acceptors (Lipinski definition) is 13. The first kappa shape index (κ1) is 48.2. The Hall–Kier alpha value is -3.14. The number of hydrogen-bond donors (Lipinski definition) is 2. The number of ether oxygens (including phenoxy) is 6. The van der Waals surface area contributed by atoms with Gasteiger partial charge in [0, 0.05) is 19.3 Å². The molecule has 0 unspecified atom stereocenters. The summed E-state index contributed by atoms with van der Waals surface area (Å²) in [6, 6.07) is 9.65. The second-order valence-electron chi connectivity index (χ2n) is 20.0. The van der Waals surface area contributed by atoms with Crippen molar-refractivity contribution in [1.29, 1.82) is 0 Å². The van der Waals surface area contributed by atoms with Crippen molar-refractivity contribution in [2.45, 2.75) is 193 Å². The standard InChI is InChI=1S/C43H68O13Si/c1-26(30(50-28(3)44)27(2)25-29-21-19-18-20-22-29)23-24-41-31(45)32(55-57(16,17)40(13,14)15)43(56-41,36(48)54-39(10,11)12)42(49,35(47)53-38(7,8)9)33(51-41)34(46)52-37(4,5)6/h18-22,27,30-33,45,49H,1,23-25H2,2-17H3/t27-,30-,31-,32-,33-,41+,42-,43+/m1/s1. The van der Waals surface area contributed by atoms with Crippen molar-refractivity contribution in [3.63, 3.8) is 0 Å². The van der Waals surface area contributed by atoms with Crippen LogP contribution in [0.4, 0.5) is 0 Å². The lowest BCUT2D eigenvalue weighted by molar-refractivity contribution is -0.378. The predicted molar refractivity (Wildman–Crippen MR) is 215 cm³/mol. The zero-order chi connectivity index (χ0) is 44.0. The van der Waals surface area contributed by atoms with Gasteiger partial charge in [-0.1, -0.05) is 64.6 Å². The summed E-state index contributed by atoms with van der Waals surface area (Å²) in [4.78, 5) is 56.5. The van der Waals surface area contributed by atoms with Gasteiger partial charge in [0.25, 0.3) is 0 Å². The summed E-state index contributed by atoms with van der Waals surface area (Å²) in [5.74, 6) is -7.11. The first-order valence-electron chi connectivity index (χ1n) is 19.7. The van der Waals surface area contributed by atoms with Gasteiger partial charge in [-0.3, -0.25) is 4.79 Å². The Morgan fingerprint density at radius 3 is 1.84 bits per heavy atom. The molecule has 1 aromatic rings. The third kappa shape index (κ3) is 10.5. The molecular formula is C43H68O13Si. The van der Waals surface area contributed by atoms with Crippen molar-refractivity contribution in [2.75, 3.05) is 0 Å². The molecule has 0 spiro atoms. The topological polar surface area (TPSA) is 173 Å². The average Bonchev–Trinajstić information content (AvgIpc) is 3.23. The molecule has 0 amide bonds. The molecule has 8 atom stereocenters. The van der Waals surface area contributed by atoms with E-state index in [0.717, 1.165) is 5.56 Å². The largest absolute Gasteiger partial charge is 0.458 e. The van der Waals surface area contributed by atoms with Gasteiger partial charge < -0.3 is 43.1 Å². The molecule has 0 radical (unpaired) electrons. The van der Waals surface area contributed by atoms with Gasteiger partial charge in [-0.15, -0.1) is 0 Å². The quantitative estimate of drug-likeness (QED) is 0.0956. The van der Waals surface area contributed by atoms with E-state index in [9.17, 15) is 24.6 Å². The first-order chi connectivity index (χ1) is 25.6. The Labute approximate surface area is 340 Å². The minimum atomic E-state index is -3.35. The van der Waals surface area contributed by atoms with Gasteiger partial charge in [-0.2, -0.15) is 0 Å². The van der Waals surface area contributed by atoms with Crippen molar-refractivity contribution < 1.29 is 62.2 Å². The molecule has 2 fully saturated rings. The smallest absolute Gasteiger partial charge is 0.346 e. The zero-order valence-electron chi connectivity index (χ0n) is 37.0. The van der Waals surface area contributed by atoms with E-state index in [1.165, 1.54) is 6.92 Å². The van der Waals surface area contributed by atoms with Crippen molar-refractivity contribution >= 4 is 32.2 Å². The van der Waals surface area contributed by atoms with Crippen molar-refractivity contribution in [2.24, 2.45) is 5.92 Å². The van der Waals surface area contributed by atoms with Crippen molar-refractivity contribution in [3.05, 3.63) is 48.0 Å². The van der Waals surface area contributed by atoms with E-state index in [4.69, 9.17) is 32.8 Å². The van der Waals surface area contributed by atoms with E-state index in [1.54, 1.807) is 62.3 Å². The summed E-state index contributed by atoms with van der Waals surface area (Å²) in [5.41, 5.74) is -8.55. The molecule has 0 aromatic heterocycles. The van der Waals surface area contributed by atoms with Crippen LogP contribution in [0.25, 0.3) is 0 Å². The number of carbonyl (C=O) groups is 4. The van der Waals surface area contributed by atoms with Gasteiger partial charge in [0.1, 0.15) is 35.1 Å². The van der Waals surface area contributed by atoms with E-state index in [0.29, 0.717) is 12.0 Å². The highest BCUT2D eigenvalue weighted by Crippen LogP contribution is 2.58. The Morgan fingerprint density at radius 2 is 1.37 bits per heavy atom. The van der Waals surface area contributed by atoms with Crippen molar-refractivity contribution in [3.8, 4) is 0 Å². The van der Waals surface area contributed by atoms with Gasteiger partial charge >= 0.3 is 23.9 Å². The molecule has 0 saturated carbocycles. The fourth-order valence-corrected chi connectivity index (χ4v) is 8.10. The number of esters is 4. The van der Waals surface area contributed by atoms with Crippen LogP contribution in [-0.4, -0.2) is 101 Å². The molecule has 322 valence electrons. The molecule has 2 bridgehead atoms. The molecule has 13 nitrogen and oxygen atoms in total. The summed E-state index contributed by atoms with van der Waals surface area (Å²) in [6.07, 6.45) is -6.73. The van der Waals surface area contributed by atoms with Crippen LogP contribution in [-0.2, 0) is 58.4 Å². The second-order valence-corrected chi connectivity index (χ2v) is 24.8. The minimum absolute atomic E-state index is 0.0444. The van der Waals surface area contributed by atoms with Crippen LogP contribution < -0.4 is 0 Å². The summed E-state index contributed by atoms with van der Waals surface area (Å²) in [7, 11) is -3.08. The molecule has 14 heteroatoms. The highest BCUT2D eigenvalue weighted by Gasteiger charge is 2.86. The van der Waals surface area contributed by atoms with Gasteiger partial charge in [0.15, 0.2) is 14.1 Å². The number of fused-ring (bicyclic) bond motifs is 2. The van der Waals surface area contributed by atoms with Crippen LogP contribution in [0.2, 0.25) is 18.1 Å². The van der Waals surface area contributed by atoms with Gasteiger partial charge in [-0.05, 0) is 104 Å². The minimum Gasteiger partial charge on any atom is -0.458 e. The van der Waals surface area contributed by atoms with Gasteiger partial charge in [0.2, 0.25) is 17.3 Å². The van der Waals surface area contributed by atoms with Crippen LogP contribution in [0.15, 0.2) is 42.5 Å². The van der Waals surface area contributed by atoms with Crippen LogP contribution in [0.5, 0.6) is 0 Å². The lowest BCUT2D eigenvalue weighted by Crippen LogP contribution is -2.79. The number of aliphatic hydroxyl groups is 2. The Kier molecular flexibility index (Phi) is 13.9. The normalized spacial score (nSPS) is 27.9. The van der Waals surface area contributed by atoms with E-state index in [1.807, 2.05) is 71.1 Å². The van der Waals surface area contributed by atoms with Crippen LogP contribution >= 0.6 is 0 Å². The first-order valence-corrected chi connectivity index (χ1v) is 22.6. The maximum atomic E-state index is 15.0. The average molecular weight is 821 g/mol. The molecule has 2 N–H and O–H groups in total. The van der Waals surface area contributed by atoms with E-state index in [2.05, 4.69) is 6.58 Å². The summed E-state index contributed by atoms with van der Waals surface area (Å²) >= 11 is 0. The Bertz CT molecular complexity index is 1650. The van der Waals surface area contributed by atoms with Gasteiger partial charge in [-0.25, -0.2) is 14.4 Å². The van der Waals surface area contributed by atoms with Crippen molar-refractivity contribution in [1.82, 2.24) is 0 Å². The van der Waals surface area contributed by atoms with Crippen LogP contribution in [0.3, 0.4) is 0 Å². The zero-order valence-corrected chi connectivity index (χ0v) is 38.0. The van der Waals surface area contributed by atoms with Crippen LogP contribution in [0.1, 0.15) is 115 Å². The fourth-order valence-electron chi connectivity index (χ4n) is 6.82. The lowest BCUT2D eigenvalue weighted by Gasteiger charge is -2.52. The molecule has 2 heterocycles. The third-order valence-electron chi connectivity index (χ3n) is 10.4. The number of aliphatic hydroxyl groups excluding tert-OH is 1. The maximum Gasteiger partial charge on any atom is 0.346 e. The highest BCUT2D eigenvalue weighted by molar-refractivity contribution is 6.74. The Balaban J connectivity index is 2.35. The fraction of sp³-hybridized carbons (Fsp3) is 0.721. The predicted octanol–water partition coefficient (Wildman–Crippen LogP) is 6.50. The van der Waals surface area contributed by atoms with E-state index >= 15 is 4.79 Å². The van der Waals surface area contributed by atoms with Crippen LogP contribution in [0, 0.1) is 5.92 Å².